The van der Waals surface area contributed by atoms with Crippen molar-refractivity contribution in [2.45, 2.75) is 0 Å². The molecule has 0 saturated carbocycles. The van der Waals surface area contributed by atoms with E-state index in [0.717, 1.165) is 10.1 Å². The quantitative estimate of drug-likeness (QED) is 0.382. The molecule has 20 valence electrons. The van der Waals surface area contributed by atoms with Crippen molar-refractivity contribution in [3.63, 3.8) is 0 Å². The Kier molecular flexibility index (Phi) is 92.9. The summed E-state index contributed by atoms with van der Waals surface area (Å²) in [6.45, 7) is 0. The van der Waals surface area contributed by atoms with Gasteiger partial charge < -0.3 is 1.43 Å². The van der Waals surface area contributed by atoms with Gasteiger partial charge in [-0.1, -0.05) is 0 Å². The standard InChI is InChI=1S/BH3Si.Bi.Li.4H/c1-2;;;;;;/h2H3;;;;;;/q;;+1;;;;-1. The van der Waals surface area contributed by atoms with Gasteiger partial charge in [-0.2, -0.15) is 0 Å². The molecule has 0 atom stereocenters. The van der Waals surface area contributed by atoms with Crippen molar-refractivity contribution in [2.24, 2.45) is 0 Å². The molecule has 0 unspecified atom stereocenters. The smallest absolute Gasteiger partial charge is 1.00 e. The van der Waals surface area contributed by atoms with E-state index in [9.17, 15) is 0 Å². The summed E-state index contributed by atoms with van der Waals surface area (Å²) < 4.78 is 0. The molecule has 0 aromatic carbocycles. The largest absolute Gasteiger partial charge is 1.00 e. The third kappa shape index (κ3) is 9.24. The van der Waals surface area contributed by atoms with Crippen molar-refractivity contribution in [1.29, 1.82) is 0 Å². The number of rotatable bonds is 0. The van der Waals surface area contributed by atoms with E-state index in [1.807, 2.05) is 0 Å². The summed E-state index contributed by atoms with van der Waals surface area (Å²) in [4.78, 5) is 0. The van der Waals surface area contributed by atoms with Crippen molar-refractivity contribution in [1.82, 2.24) is 0 Å². The van der Waals surface area contributed by atoms with Crippen molar-refractivity contribution in [2.75, 3.05) is 0 Å². The van der Waals surface area contributed by atoms with Gasteiger partial charge in [-0.3, -0.25) is 0 Å². The van der Waals surface area contributed by atoms with Gasteiger partial charge in [-0.05, 0) is 10.1 Å². The topological polar surface area (TPSA) is 0 Å². The summed E-state index contributed by atoms with van der Waals surface area (Å²) in [5.41, 5.74) is 0. The molecule has 0 bridgehead atoms. The summed E-state index contributed by atoms with van der Waals surface area (Å²) in [6.07, 6.45) is 0. The maximum absolute atomic E-state index is 4.64. The molecule has 0 aliphatic carbocycles. The van der Waals surface area contributed by atoms with E-state index >= 15 is 0 Å². The fraction of sp³-hybridized carbons (Fsp3) is 0. The SMILES string of the molecule is [B][SiH3].[BiH3].[H-].[Li+]. The normalized spacial score (nSPS) is 2.00. The second-order valence-electron chi connectivity index (χ2n) is 0. The first-order valence-electron chi connectivity index (χ1n) is 0.577. The Morgan fingerprint density at radius 3 is 1.50 bits per heavy atom. The second kappa shape index (κ2) is 21.7. The van der Waals surface area contributed by atoms with E-state index in [-0.39, 0.29) is 46.5 Å². The molecule has 4 heavy (non-hydrogen) atoms. The van der Waals surface area contributed by atoms with Gasteiger partial charge in [0, 0.05) is 7.44 Å². The first kappa shape index (κ1) is 17.1. The third-order valence-electron chi connectivity index (χ3n) is 0. The van der Waals surface area contributed by atoms with Crippen LogP contribution in [0.25, 0.3) is 0 Å². The maximum atomic E-state index is 4.64. The molecular weight excluding hydrogens is 255 g/mol. The zero-order valence-corrected chi connectivity index (χ0v) is 10.8. The van der Waals surface area contributed by atoms with E-state index in [2.05, 4.69) is 7.44 Å². The third-order valence-corrected chi connectivity index (χ3v) is 0. The average molecular weight is 262 g/mol. The van der Waals surface area contributed by atoms with Crippen LogP contribution in [-0.2, 0) is 0 Å². The monoisotopic (exact) mass is 262 g/mol. The Morgan fingerprint density at radius 1 is 1.50 bits per heavy atom. The van der Waals surface area contributed by atoms with Crippen molar-refractivity contribution >= 4 is 43.8 Å². The Balaban J connectivity index is -0.00000000167. The molecule has 0 aromatic heterocycles. The molecule has 0 heterocycles. The molecule has 0 aliphatic rings. The summed E-state index contributed by atoms with van der Waals surface area (Å²) in [7, 11) is 5.44. The van der Waals surface area contributed by atoms with Crippen LogP contribution in [0, 0.1) is 0 Å². The van der Waals surface area contributed by atoms with E-state index in [4.69, 9.17) is 0 Å². The van der Waals surface area contributed by atoms with Gasteiger partial charge in [0.25, 0.3) is 0 Å². The number of hydrogen-bond acceptors (Lipinski definition) is 0. The second-order valence-corrected chi connectivity index (χ2v) is 0. The average Bonchev–Trinajstić information content (AvgIpc) is 1.00. The van der Waals surface area contributed by atoms with Crippen molar-refractivity contribution in [3.05, 3.63) is 0 Å². The molecule has 0 spiro atoms. The molecule has 0 aromatic rings. The summed E-state index contributed by atoms with van der Waals surface area (Å²) in [6, 6.07) is 0. The van der Waals surface area contributed by atoms with Gasteiger partial charge in [-0.15, -0.1) is 0 Å². The molecular formula is H7BBiLiSi. The van der Waals surface area contributed by atoms with Crippen LogP contribution in [0.5, 0.6) is 0 Å². The van der Waals surface area contributed by atoms with Crippen LogP contribution in [0.3, 0.4) is 0 Å². The van der Waals surface area contributed by atoms with E-state index in [0.29, 0.717) is 0 Å². The fourth-order valence-corrected chi connectivity index (χ4v) is 0. The van der Waals surface area contributed by atoms with Crippen molar-refractivity contribution < 1.29 is 20.3 Å². The molecule has 4 heteroatoms. The summed E-state index contributed by atoms with van der Waals surface area (Å²) >= 11 is 0. The number of hydrogen-bond donors (Lipinski definition) is 0. The van der Waals surface area contributed by atoms with E-state index in [1.54, 1.807) is 0 Å². The fourth-order valence-electron chi connectivity index (χ4n) is 0. The predicted molar refractivity (Wildman–Crippen MR) is 26.7 cm³/mol. The van der Waals surface area contributed by atoms with Gasteiger partial charge in [-0.25, -0.2) is 0 Å². The molecule has 0 N–H and O–H groups in total. The molecule has 0 amide bonds. The van der Waals surface area contributed by atoms with Gasteiger partial charge in [0.1, 0.15) is 0 Å². The first-order valence-corrected chi connectivity index (χ1v) is 1.73. The van der Waals surface area contributed by atoms with Gasteiger partial charge >= 0.3 is 45.1 Å². The van der Waals surface area contributed by atoms with Crippen LogP contribution in [0.1, 0.15) is 1.43 Å². The Morgan fingerprint density at radius 2 is 1.50 bits per heavy atom. The molecule has 0 aliphatic heterocycles. The van der Waals surface area contributed by atoms with Crippen LogP contribution in [-0.4, -0.2) is 43.8 Å². The van der Waals surface area contributed by atoms with Crippen LogP contribution in [0.2, 0.25) is 0 Å². The molecule has 2 radical (unpaired) electrons. The van der Waals surface area contributed by atoms with Crippen LogP contribution >= 0.6 is 0 Å². The summed E-state index contributed by atoms with van der Waals surface area (Å²) in [5, 5.41) is 0. The maximum Gasteiger partial charge on any atom is 1.00 e. The molecule has 0 rings (SSSR count). The Labute approximate surface area is 63.7 Å². The van der Waals surface area contributed by atoms with Crippen molar-refractivity contribution in [3.8, 4) is 0 Å². The zero-order valence-electron chi connectivity index (χ0n) is 4.28. The minimum Gasteiger partial charge on any atom is -1.00 e. The Bertz CT molecular complexity index is 11.6. The van der Waals surface area contributed by atoms with Gasteiger partial charge in [0.15, 0.2) is 0 Å². The minimum absolute atomic E-state index is 0. The van der Waals surface area contributed by atoms with Crippen LogP contribution in [0.15, 0.2) is 0 Å². The van der Waals surface area contributed by atoms with E-state index in [1.165, 1.54) is 0 Å². The minimum atomic E-state index is 0. The predicted octanol–water partition coefficient (Wildman–Crippen LogP) is -5.63. The van der Waals surface area contributed by atoms with Gasteiger partial charge in [0.2, 0.25) is 0 Å². The molecule has 0 nitrogen and oxygen atoms in total. The van der Waals surface area contributed by atoms with Crippen LogP contribution < -0.4 is 18.9 Å². The Hall–Kier alpha value is 1.76. The zero-order chi connectivity index (χ0) is 2.00. The van der Waals surface area contributed by atoms with E-state index < -0.39 is 0 Å². The molecule has 0 saturated heterocycles. The summed E-state index contributed by atoms with van der Waals surface area (Å²) in [5.74, 6) is 0. The first-order chi connectivity index (χ1) is 1.00. The van der Waals surface area contributed by atoms with Gasteiger partial charge in [0.05, 0.1) is 0 Å². The molecule has 0 fully saturated rings. The van der Waals surface area contributed by atoms with Crippen LogP contribution in [0.4, 0.5) is 0 Å².